The van der Waals surface area contributed by atoms with E-state index in [9.17, 15) is 5.11 Å². The quantitative estimate of drug-likeness (QED) is 0.885. The molecule has 18 heavy (non-hydrogen) atoms. The van der Waals surface area contributed by atoms with Crippen LogP contribution in [0.3, 0.4) is 0 Å². The van der Waals surface area contributed by atoms with Crippen molar-refractivity contribution in [1.82, 2.24) is 4.90 Å². The molecule has 3 rings (SSSR count). The summed E-state index contributed by atoms with van der Waals surface area (Å²) < 4.78 is 0. The molecule has 0 amide bonds. The van der Waals surface area contributed by atoms with Crippen LogP contribution in [0.25, 0.3) is 0 Å². The number of rotatable bonds is 3. The lowest BCUT2D eigenvalue weighted by molar-refractivity contribution is 0.0206. The lowest BCUT2D eigenvalue weighted by atomic mass is 9.95. The van der Waals surface area contributed by atoms with Crippen LogP contribution >= 0.6 is 0 Å². The van der Waals surface area contributed by atoms with Crippen molar-refractivity contribution < 1.29 is 5.11 Å². The van der Waals surface area contributed by atoms with Gasteiger partial charge in [0.2, 0.25) is 0 Å². The fraction of sp³-hybridized carbons (Fsp3) is 0.625. The number of fused-ring (bicyclic) bond motifs is 1. The van der Waals surface area contributed by atoms with Crippen molar-refractivity contribution in [2.45, 2.75) is 31.8 Å². The van der Waals surface area contributed by atoms with E-state index in [2.05, 4.69) is 4.90 Å². The molecule has 0 radical (unpaired) electrons. The fourth-order valence-corrected chi connectivity index (χ4v) is 3.79. The molecule has 1 N–H and O–H groups in total. The van der Waals surface area contributed by atoms with Gasteiger partial charge < -0.3 is 5.11 Å². The molecular formula is C16H23NO. The molecule has 3 atom stereocenters. The summed E-state index contributed by atoms with van der Waals surface area (Å²) in [5.74, 6) is 1.80. The van der Waals surface area contributed by atoms with E-state index in [4.69, 9.17) is 0 Å². The first-order chi connectivity index (χ1) is 8.65. The van der Waals surface area contributed by atoms with E-state index in [-0.39, 0.29) is 0 Å². The maximum absolute atomic E-state index is 10.7. The minimum Gasteiger partial charge on any atom is -0.384 e. The molecule has 2 fully saturated rings. The Balaban J connectivity index is 1.66. The lowest BCUT2D eigenvalue weighted by Crippen LogP contribution is -2.38. The molecular weight excluding hydrogens is 222 g/mol. The van der Waals surface area contributed by atoms with Crippen molar-refractivity contribution in [3.05, 3.63) is 35.9 Å². The summed E-state index contributed by atoms with van der Waals surface area (Å²) in [7, 11) is 0. The van der Waals surface area contributed by atoms with Crippen LogP contribution in [0.1, 0.15) is 31.7 Å². The highest BCUT2D eigenvalue weighted by atomic mass is 16.3. The predicted molar refractivity (Wildman–Crippen MR) is 73.3 cm³/mol. The van der Waals surface area contributed by atoms with E-state index in [1.807, 2.05) is 37.3 Å². The van der Waals surface area contributed by atoms with Gasteiger partial charge >= 0.3 is 0 Å². The fourth-order valence-electron chi connectivity index (χ4n) is 3.79. The van der Waals surface area contributed by atoms with Crippen LogP contribution in [-0.2, 0) is 5.60 Å². The zero-order valence-electron chi connectivity index (χ0n) is 11.2. The molecule has 1 aromatic rings. The lowest BCUT2D eigenvalue weighted by Gasteiger charge is -2.29. The molecule has 1 aromatic carbocycles. The third-order valence-electron chi connectivity index (χ3n) is 4.73. The standard InChI is InChI=1S/C16H23NO/c1-16(18,15-8-3-2-4-9-15)12-17-10-13-6-5-7-14(13)11-17/h2-4,8-9,13-14,18H,5-7,10-12H2,1H3. The Kier molecular flexibility index (Phi) is 3.16. The summed E-state index contributed by atoms with van der Waals surface area (Å²) >= 11 is 0. The number of hydrogen-bond acceptors (Lipinski definition) is 2. The van der Waals surface area contributed by atoms with Gasteiger partial charge in [-0.15, -0.1) is 0 Å². The highest BCUT2D eigenvalue weighted by Gasteiger charge is 2.38. The van der Waals surface area contributed by atoms with Crippen molar-refractivity contribution in [3.8, 4) is 0 Å². The third kappa shape index (κ3) is 2.32. The number of aliphatic hydroxyl groups is 1. The van der Waals surface area contributed by atoms with E-state index in [0.717, 1.165) is 23.9 Å². The molecule has 1 aliphatic heterocycles. The molecule has 1 aliphatic carbocycles. The second-order valence-electron chi connectivity index (χ2n) is 6.29. The van der Waals surface area contributed by atoms with Gasteiger partial charge in [-0.25, -0.2) is 0 Å². The normalized spacial score (nSPS) is 31.2. The average molecular weight is 245 g/mol. The molecule has 0 aromatic heterocycles. The van der Waals surface area contributed by atoms with Crippen molar-refractivity contribution in [3.63, 3.8) is 0 Å². The zero-order valence-corrected chi connectivity index (χ0v) is 11.2. The van der Waals surface area contributed by atoms with Gasteiger partial charge in [0, 0.05) is 19.6 Å². The number of hydrogen-bond donors (Lipinski definition) is 1. The summed E-state index contributed by atoms with van der Waals surface area (Å²) in [5, 5.41) is 10.7. The van der Waals surface area contributed by atoms with Gasteiger partial charge in [-0.3, -0.25) is 4.90 Å². The van der Waals surface area contributed by atoms with Gasteiger partial charge in [-0.05, 0) is 37.2 Å². The SMILES string of the molecule is CC(O)(CN1CC2CCCC2C1)c1ccccc1. The first kappa shape index (κ1) is 12.2. The first-order valence-corrected chi connectivity index (χ1v) is 7.15. The minimum atomic E-state index is -0.722. The predicted octanol–water partition coefficient (Wildman–Crippen LogP) is 2.63. The Bertz CT molecular complexity index is 389. The largest absolute Gasteiger partial charge is 0.384 e. The van der Waals surface area contributed by atoms with Crippen LogP contribution in [0.4, 0.5) is 0 Å². The summed E-state index contributed by atoms with van der Waals surface area (Å²) in [6.07, 6.45) is 4.21. The van der Waals surface area contributed by atoms with Gasteiger partial charge in [-0.1, -0.05) is 36.8 Å². The zero-order chi connectivity index (χ0) is 12.6. The Morgan fingerprint density at radius 2 is 1.78 bits per heavy atom. The number of benzene rings is 1. The summed E-state index contributed by atoms with van der Waals surface area (Å²) in [4.78, 5) is 2.46. The highest BCUT2D eigenvalue weighted by Crippen LogP contribution is 2.38. The van der Waals surface area contributed by atoms with E-state index in [1.165, 1.54) is 32.4 Å². The molecule has 1 saturated heterocycles. The number of nitrogens with zero attached hydrogens (tertiary/aromatic N) is 1. The van der Waals surface area contributed by atoms with Crippen molar-refractivity contribution in [1.29, 1.82) is 0 Å². The molecule has 98 valence electrons. The van der Waals surface area contributed by atoms with E-state index < -0.39 is 5.60 Å². The van der Waals surface area contributed by atoms with Crippen LogP contribution < -0.4 is 0 Å². The summed E-state index contributed by atoms with van der Waals surface area (Å²) in [6, 6.07) is 10.1. The van der Waals surface area contributed by atoms with Crippen molar-refractivity contribution >= 4 is 0 Å². The Hall–Kier alpha value is -0.860. The molecule has 2 heteroatoms. The molecule has 1 saturated carbocycles. The Morgan fingerprint density at radius 1 is 1.17 bits per heavy atom. The van der Waals surface area contributed by atoms with Gasteiger partial charge in [-0.2, -0.15) is 0 Å². The molecule has 0 bridgehead atoms. The minimum absolute atomic E-state index is 0.722. The van der Waals surface area contributed by atoms with Crippen LogP contribution in [0.5, 0.6) is 0 Å². The molecule has 2 aliphatic rings. The van der Waals surface area contributed by atoms with Crippen LogP contribution in [0, 0.1) is 11.8 Å². The van der Waals surface area contributed by atoms with Crippen molar-refractivity contribution in [2.75, 3.05) is 19.6 Å². The molecule has 3 unspecified atom stereocenters. The Labute approximate surface area is 110 Å². The van der Waals surface area contributed by atoms with Crippen LogP contribution in [0.15, 0.2) is 30.3 Å². The van der Waals surface area contributed by atoms with E-state index >= 15 is 0 Å². The first-order valence-electron chi connectivity index (χ1n) is 7.15. The van der Waals surface area contributed by atoms with Gasteiger partial charge in [0.25, 0.3) is 0 Å². The molecule has 0 spiro atoms. The number of β-amino-alcohol motifs (C(OH)–C–C–N with tert-alkyl or cyclic N) is 1. The second kappa shape index (κ2) is 4.67. The van der Waals surface area contributed by atoms with Crippen molar-refractivity contribution in [2.24, 2.45) is 11.8 Å². The highest BCUT2D eigenvalue weighted by molar-refractivity contribution is 5.22. The van der Waals surface area contributed by atoms with Crippen LogP contribution in [0.2, 0.25) is 0 Å². The maximum Gasteiger partial charge on any atom is 0.0994 e. The third-order valence-corrected chi connectivity index (χ3v) is 4.73. The average Bonchev–Trinajstić information content (AvgIpc) is 2.90. The van der Waals surface area contributed by atoms with E-state index in [1.54, 1.807) is 0 Å². The number of likely N-dealkylation sites (tertiary alicyclic amines) is 1. The van der Waals surface area contributed by atoms with E-state index in [0.29, 0.717) is 0 Å². The van der Waals surface area contributed by atoms with Gasteiger partial charge in [0.05, 0.1) is 5.60 Å². The monoisotopic (exact) mass is 245 g/mol. The van der Waals surface area contributed by atoms with Crippen LogP contribution in [-0.4, -0.2) is 29.6 Å². The van der Waals surface area contributed by atoms with Gasteiger partial charge in [0.15, 0.2) is 0 Å². The summed E-state index contributed by atoms with van der Waals surface area (Å²) in [6.45, 7) is 5.09. The molecule has 1 heterocycles. The second-order valence-corrected chi connectivity index (χ2v) is 6.29. The summed E-state index contributed by atoms with van der Waals surface area (Å²) in [5.41, 5.74) is 0.307. The molecule has 2 nitrogen and oxygen atoms in total. The Morgan fingerprint density at radius 3 is 2.39 bits per heavy atom. The smallest absolute Gasteiger partial charge is 0.0994 e. The maximum atomic E-state index is 10.7. The topological polar surface area (TPSA) is 23.5 Å². The van der Waals surface area contributed by atoms with Gasteiger partial charge in [0.1, 0.15) is 0 Å².